The van der Waals surface area contributed by atoms with Crippen LogP contribution in [0.5, 0.6) is 0 Å². The van der Waals surface area contributed by atoms with Crippen LogP contribution >= 0.6 is 23.0 Å². The number of carbonyl (C=O) groups is 1. The molecule has 0 aromatic rings. The van der Waals surface area contributed by atoms with Crippen LogP contribution in [0.1, 0.15) is 55.4 Å². The second-order valence-electron chi connectivity index (χ2n) is 6.80. The highest BCUT2D eigenvalue weighted by molar-refractivity contribution is 14.1. The van der Waals surface area contributed by atoms with Crippen LogP contribution in [0.3, 0.4) is 0 Å². The van der Waals surface area contributed by atoms with E-state index in [4.69, 9.17) is 3.07 Å². The molecule has 0 radical (unpaired) electrons. The number of carbonyl (C=O) groups excluding carboxylic acids is 1. The van der Waals surface area contributed by atoms with Gasteiger partial charge in [0.1, 0.15) is 28.6 Å². The topological polar surface area (TPSA) is 26.3 Å². The number of ketones is 1. The van der Waals surface area contributed by atoms with Gasteiger partial charge in [-0.25, -0.2) is 0 Å². The van der Waals surface area contributed by atoms with Crippen molar-refractivity contribution in [3.05, 3.63) is 0 Å². The third-order valence-electron chi connectivity index (χ3n) is 3.07. The lowest BCUT2D eigenvalue weighted by molar-refractivity contribution is -0.155. The van der Waals surface area contributed by atoms with E-state index in [0.717, 1.165) is 0 Å². The fraction of sp³-hybridized carbons (Fsp3) is 0.923. The predicted molar refractivity (Wildman–Crippen MR) is 76.6 cm³/mol. The van der Waals surface area contributed by atoms with E-state index in [1.165, 1.54) is 0 Å². The first-order chi connectivity index (χ1) is 6.91. The van der Waals surface area contributed by atoms with Gasteiger partial charge in [-0.2, -0.15) is 0 Å². The molecule has 96 valence electrons. The van der Waals surface area contributed by atoms with E-state index >= 15 is 0 Å². The Morgan fingerprint density at radius 2 is 1.44 bits per heavy atom. The van der Waals surface area contributed by atoms with Gasteiger partial charge in [-0.15, -0.1) is 0 Å². The maximum Gasteiger partial charge on any atom is 0.171 e. The standard InChI is InChI=1S/C13H25IO2/c1-9(2)13(16-14,12(6,7)8)10(15)11(3,4)5/h9H,1-8H3. The van der Waals surface area contributed by atoms with E-state index in [9.17, 15) is 4.79 Å². The summed E-state index contributed by atoms with van der Waals surface area (Å²) in [6, 6.07) is 0. The van der Waals surface area contributed by atoms with Gasteiger partial charge >= 0.3 is 0 Å². The van der Waals surface area contributed by atoms with Crippen molar-refractivity contribution in [3.8, 4) is 0 Å². The maximum atomic E-state index is 12.7. The second-order valence-corrected chi connectivity index (χ2v) is 7.24. The smallest absolute Gasteiger partial charge is 0.171 e. The molecule has 0 rings (SSSR count). The number of Topliss-reactive ketones (excluding diaryl/α,β-unsaturated/α-hetero) is 1. The molecule has 2 nitrogen and oxygen atoms in total. The van der Waals surface area contributed by atoms with Crippen LogP contribution in [-0.4, -0.2) is 11.4 Å². The van der Waals surface area contributed by atoms with Crippen LogP contribution in [0.15, 0.2) is 0 Å². The highest BCUT2D eigenvalue weighted by atomic mass is 127. The fourth-order valence-electron chi connectivity index (χ4n) is 2.27. The number of rotatable bonds is 3. The Morgan fingerprint density at radius 3 is 1.50 bits per heavy atom. The van der Waals surface area contributed by atoms with Gasteiger partial charge in [-0.3, -0.25) is 4.79 Å². The summed E-state index contributed by atoms with van der Waals surface area (Å²) in [6.45, 7) is 16.1. The van der Waals surface area contributed by atoms with Crippen molar-refractivity contribution in [2.24, 2.45) is 16.7 Å². The lowest BCUT2D eigenvalue weighted by Gasteiger charge is -2.47. The minimum atomic E-state index is -0.730. The maximum absolute atomic E-state index is 12.7. The van der Waals surface area contributed by atoms with Gasteiger partial charge < -0.3 is 3.07 Å². The first kappa shape index (κ1) is 16.4. The molecule has 0 bridgehead atoms. The van der Waals surface area contributed by atoms with Crippen LogP contribution in [-0.2, 0) is 7.86 Å². The molecule has 0 heterocycles. The highest BCUT2D eigenvalue weighted by Gasteiger charge is 2.54. The first-order valence-electron chi connectivity index (χ1n) is 5.76. The molecular weight excluding hydrogens is 315 g/mol. The Bertz CT molecular complexity index is 258. The summed E-state index contributed by atoms with van der Waals surface area (Å²) >= 11 is 1.88. The summed E-state index contributed by atoms with van der Waals surface area (Å²) in [5.74, 6) is 0.327. The number of hydrogen-bond donors (Lipinski definition) is 0. The predicted octanol–water partition coefficient (Wildman–Crippen LogP) is 4.41. The average Bonchev–Trinajstić information content (AvgIpc) is 2.00. The minimum absolute atomic E-state index is 0.149. The molecule has 0 aromatic carbocycles. The SMILES string of the molecule is CC(C)C(OI)(C(=O)C(C)(C)C)C(C)(C)C. The molecule has 0 aliphatic rings. The van der Waals surface area contributed by atoms with Crippen LogP contribution < -0.4 is 0 Å². The number of halogens is 1. The molecule has 0 saturated heterocycles. The first-order valence-corrected chi connectivity index (χ1v) is 6.64. The van der Waals surface area contributed by atoms with E-state index in [0.29, 0.717) is 0 Å². The Balaban J connectivity index is 5.68. The normalized spacial score (nSPS) is 17.4. The van der Waals surface area contributed by atoms with Crippen molar-refractivity contribution in [2.45, 2.75) is 61.0 Å². The fourth-order valence-corrected chi connectivity index (χ4v) is 3.63. The van der Waals surface area contributed by atoms with Gasteiger partial charge in [-0.05, 0) is 11.3 Å². The summed E-state index contributed by atoms with van der Waals surface area (Å²) in [5.41, 5.74) is -1.33. The van der Waals surface area contributed by atoms with Gasteiger partial charge in [0.25, 0.3) is 0 Å². The monoisotopic (exact) mass is 340 g/mol. The Labute approximate surface area is 114 Å². The van der Waals surface area contributed by atoms with Crippen LogP contribution in [0.2, 0.25) is 0 Å². The highest BCUT2D eigenvalue weighted by Crippen LogP contribution is 2.45. The van der Waals surface area contributed by atoms with Crippen molar-refractivity contribution < 1.29 is 7.86 Å². The molecule has 3 heteroatoms. The molecule has 0 amide bonds. The number of hydrogen-bond acceptors (Lipinski definition) is 2. The van der Waals surface area contributed by atoms with Crippen molar-refractivity contribution in [2.75, 3.05) is 0 Å². The summed E-state index contributed by atoms with van der Waals surface area (Å²) in [6.07, 6.45) is 0. The Hall–Kier alpha value is 0.360. The van der Waals surface area contributed by atoms with Crippen molar-refractivity contribution in [1.29, 1.82) is 0 Å². The Kier molecular flexibility index (Phi) is 5.04. The Morgan fingerprint density at radius 1 is 1.06 bits per heavy atom. The second kappa shape index (κ2) is 4.92. The summed E-state index contributed by atoms with van der Waals surface area (Å²) < 4.78 is 5.67. The molecular formula is C13H25IO2. The van der Waals surface area contributed by atoms with Crippen LogP contribution in [0.25, 0.3) is 0 Å². The largest absolute Gasteiger partial charge is 0.300 e. The molecule has 1 unspecified atom stereocenters. The molecule has 0 aliphatic heterocycles. The third-order valence-corrected chi connectivity index (χ3v) is 3.76. The van der Waals surface area contributed by atoms with Gasteiger partial charge in [0, 0.05) is 5.41 Å². The summed E-state index contributed by atoms with van der Waals surface area (Å²) in [5, 5.41) is 0. The molecule has 0 fully saturated rings. The van der Waals surface area contributed by atoms with Gasteiger partial charge in [0.15, 0.2) is 5.78 Å². The lowest BCUT2D eigenvalue weighted by Crippen LogP contribution is -2.58. The van der Waals surface area contributed by atoms with Gasteiger partial charge in [-0.1, -0.05) is 55.4 Å². The van der Waals surface area contributed by atoms with E-state index in [1.54, 1.807) is 0 Å². The van der Waals surface area contributed by atoms with E-state index in [-0.39, 0.29) is 22.5 Å². The van der Waals surface area contributed by atoms with E-state index in [1.807, 2.05) is 57.6 Å². The van der Waals surface area contributed by atoms with Crippen molar-refractivity contribution >= 4 is 28.8 Å². The minimum Gasteiger partial charge on any atom is -0.300 e. The molecule has 0 aromatic heterocycles. The molecule has 0 N–H and O–H groups in total. The third kappa shape index (κ3) is 2.78. The molecule has 16 heavy (non-hydrogen) atoms. The van der Waals surface area contributed by atoms with E-state index in [2.05, 4.69) is 20.8 Å². The van der Waals surface area contributed by atoms with Gasteiger partial charge in [0.05, 0.1) is 0 Å². The van der Waals surface area contributed by atoms with E-state index < -0.39 is 5.60 Å². The van der Waals surface area contributed by atoms with Crippen molar-refractivity contribution in [1.82, 2.24) is 0 Å². The molecule has 0 aliphatic carbocycles. The van der Waals surface area contributed by atoms with Crippen molar-refractivity contribution in [3.63, 3.8) is 0 Å². The van der Waals surface area contributed by atoms with Crippen LogP contribution in [0, 0.1) is 16.7 Å². The molecule has 0 spiro atoms. The zero-order valence-corrected chi connectivity index (χ0v) is 13.9. The average molecular weight is 340 g/mol. The molecule has 1 atom stereocenters. The zero-order valence-electron chi connectivity index (χ0n) is 11.8. The quantitative estimate of drug-likeness (QED) is 0.712. The van der Waals surface area contributed by atoms with Gasteiger partial charge in [0.2, 0.25) is 0 Å². The summed E-state index contributed by atoms with van der Waals surface area (Å²) in [7, 11) is 0. The zero-order chi connectivity index (χ0) is 13.4. The summed E-state index contributed by atoms with van der Waals surface area (Å²) in [4.78, 5) is 12.7. The van der Waals surface area contributed by atoms with Crippen LogP contribution in [0.4, 0.5) is 0 Å². The molecule has 0 saturated carbocycles. The lowest BCUT2D eigenvalue weighted by atomic mass is 9.62.